The maximum atomic E-state index is 9.64. The number of nitrogens with zero attached hydrogens (tertiary/aromatic N) is 5. The number of benzene rings is 2. The summed E-state index contributed by atoms with van der Waals surface area (Å²) in [7, 11) is 0. The van der Waals surface area contributed by atoms with Crippen molar-refractivity contribution in [1.82, 2.24) is 14.9 Å². The second kappa shape index (κ2) is 13.6. The molecule has 9 heteroatoms. The molecule has 3 aromatic rings. The van der Waals surface area contributed by atoms with Crippen LogP contribution in [0.2, 0.25) is 0 Å². The first-order chi connectivity index (χ1) is 17.2. The van der Waals surface area contributed by atoms with Crippen LogP contribution < -0.4 is 15.1 Å². The van der Waals surface area contributed by atoms with E-state index in [0.29, 0.717) is 30.5 Å². The van der Waals surface area contributed by atoms with E-state index in [1.54, 1.807) is 5.06 Å². The molecule has 2 heterocycles. The standard InChI is InChI=1S/C27H32N6O2.ClH/c1-3-32(4-2)16-8-17-34-24-13-11-23(12-14-24)30-27-29-20-22(19-28)26(31-27)33-25(15-18-35-33)21-9-6-5-7-10-21;/h5-7,9-14,20,25H,3-4,8,15-18H2,1-2H3,(H,29,30,31);1H/t25-;/m0./s1. The molecule has 0 unspecified atom stereocenters. The maximum Gasteiger partial charge on any atom is 0.229 e. The number of ether oxygens (including phenoxy) is 1. The number of hydrogen-bond donors (Lipinski definition) is 1. The third-order valence-corrected chi connectivity index (χ3v) is 6.08. The molecular weight excluding hydrogens is 476 g/mol. The van der Waals surface area contributed by atoms with Gasteiger partial charge in [0.25, 0.3) is 0 Å². The van der Waals surface area contributed by atoms with Crippen LogP contribution in [-0.4, -0.2) is 47.7 Å². The van der Waals surface area contributed by atoms with Crippen LogP contribution in [0.3, 0.4) is 0 Å². The fraction of sp³-hybridized carbons (Fsp3) is 0.370. The van der Waals surface area contributed by atoms with Crippen LogP contribution in [0, 0.1) is 11.3 Å². The Morgan fingerprint density at radius 3 is 2.58 bits per heavy atom. The van der Waals surface area contributed by atoms with Gasteiger partial charge in [0.05, 0.1) is 25.5 Å². The summed E-state index contributed by atoms with van der Waals surface area (Å²) in [6.07, 6.45) is 3.34. The lowest BCUT2D eigenvalue weighted by molar-refractivity contribution is 0.156. The van der Waals surface area contributed by atoms with Gasteiger partial charge in [0.1, 0.15) is 17.4 Å². The first kappa shape index (κ1) is 27.2. The molecule has 1 aliphatic heterocycles. The Balaban J connectivity index is 0.00000361. The van der Waals surface area contributed by atoms with Crippen molar-refractivity contribution < 1.29 is 9.57 Å². The van der Waals surface area contributed by atoms with Gasteiger partial charge in [-0.1, -0.05) is 44.2 Å². The molecule has 190 valence electrons. The Kier molecular flexibility index (Phi) is 10.3. The number of rotatable bonds is 11. The molecule has 0 radical (unpaired) electrons. The van der Waals surface area contributed by atoms with E-state index in [4.69, 9.17) is 9.57 Å². The number of hydroxylamine groups is 1. The third kappa shape index (κ3) is 6.85. The van der Waals surface area contributed by atoms with E-state index < -0.39 is 0 Å². The monoisotopic (exact) mass is 508 g/mol. The minimum atomic E-state index is -0.00999. The average Bonchev–Trinajstić information content (AvgIpc) is 3.40. The first-order valence-corrected chi connectivity index (χ1v) is 12.2. The molecule has 0 bridgehead atoms. The van der Waals surface area contributed by atoms with Crippen molar-refractivity contribution in [2.75, 3.05) is 43.2 Å². The van der Waals surface area contributed by atoms with Crippen LogP contribution in [0.15, 0.2) is 60.8 Å². The quantitative estimate of drug-likeness (QED) is 0.339. The molecule has 0 spiro atoms. The van der Waals surface area contributed by atoms with Crippen molar-refractivity contribution in [3.63, 3.8) is 0 Å². The van der Waals surface area contributed by atoms with Crippen molar-refractivity contribution in [2.24, 2.45) is 0 Å². The van der Waals surface area contributed by atoms with Crippen molar-refractivity contribution in [2.45, 2.75) is 32.7 Å². The number of nitriles is 1. The van der Waals surface area contributed by atoms with Gasteiger partial charge in [-0.05, 0) is 49.3 Å². The van der Waals surface area contributed by atoms with Gasteiger partial charge in [0.15, 0.2) is 5.82 Å². The zero-order valence-electron chi connectivity index (χ0n) is 20.8. The van der Waals surface area contributed by atoms with Gasteiger partial charge in [-0.2, -0.15) is 10.2 Å². The topological polar surface area (TPSA) is 86.5 Å². The van der Waals surface area contributed by atoms with Crippen LogP contribution in [0.4, 0.5) is 17.5 Å². The van der Waals surface area contributed by atoms with Gasteiger partial charge in [0.2, 0.25) is 5.95 Å². The van der Waals surface area contributed by atoms with Crippen LogP contribution in [0.5, 0.6) is 5.75 Å². The largest absolute Gasteiger partial charge is 0.494 e. The van der Waals surface area contributed by atoms with E-state index >= 15 is 0 Å². The van der Waals surface area contributed by atoms with Crippen molar-refractivity contribution in [1.29, 1.82) is 5.26 Å². The molecule has 1 N–H and O–H groups in total. The molecule has 0 saturated carbocycles. The predicted molar refractivity (Wildman–Crippen MR) is 144 cm³/mol. The van der Waals surface area contributed by atoms with E-state index in [1.807, 2.05) is 42.5 Å². The summed E-state index contributed by atoms with van der Waals surface area (Å²) in [5, 5.41) is 14.6. The van der Waals surface area contributed by atoms with E-state index in [2.05, 4.69) is 52.2 Å². The Labute approximate surface area is 219 Å². The van der Waals surface area contributed by atoms with Gasteiger partial charge in [-0.3, -0.25) is 4.84 Å². The zero-order chi connectivity index (χ0) is 24.5. The average molecular weight is 509 g/mol. The number of nitrogens with one attached hydrogen (secondary N) is 1. The summed E-state index contributed by atoms with van der Waals surface area (Å²) in [5.41, 5.74) is 2.32. The second-order valence-electron chi connectivity index (χ2n) is 8.30. The molecular formula is C27H33ClN6O2. The highest BCUT2D eigenvalue weighted by molar-refractivity contribution is 5.85. The minimum absolute atomic E-state index is 0. The Hall–Kier alpha value is -3.38. The Bertz CT molecular complexity index is 1120. The number of halogens is 1. The van der Waals surface area contributed by atoms with Gasteiger partial charge in [-0.25, -0.2) is 10.0 Å². The normalized spacial score (nSPS) is 14.8. The fourth-order valence-corrected chi connectivity index (χ4v) is 4.12. The lowest BCUT2D eigenvalue weighted by Crippen LogP contribution is -2.25. The summed E-state index contributed by atoms with van der Waals surface area (Å²) in [4.78, 5) is 17.2. The summed E-state index contributed by atoms with van der Waals surface area (Å²) in [6, 6.07) is 20.0. The lowest BCUT2D eigenvalue weighted by Gasteiger charge is -2.24. The molecule has 4 rings (SSSR count). The highest BCUT2D eigenvalue weighted by Gasteiger charge is 2.31. The third-order valence-electron chi connectivity index (χ3n) is 6.08. The molecule has 1 saturated heterocycles. The molecule has 1 aliphatic rings. The molecule has 36 heavy (non-hydrogen) atoms. The summed E-state index contributed by atoms with van der Waals surface area (Å²) in [6.45, 7) is 8.76. The minimum Gasteiger partial charge on any atom is -0.494 e. The van der Waals surface area contributed by atoms with Gasteiger partial charge in [-0.15, -0.1) is 12.4 Å². The van der Waals surface area contributed by atoms with E-state index in [0.717, 1.165) is 49.5 Å². The summed E-state index contributed by atoms with van der Waals surface area (Å²) >= 11 is 0. The highest BCUT2D eigenvalue weighted by Crippen LogP contribution is 2.35. The SMILES string of the molecule is CCN(CC)CCCOc1ccc(Nc2ncc(C#N)c(N3OCC[C@H]3c3ccccc3)n2)cc1.Cl. The van der Waals surface area contributed by atoms with Crippen LogP contribution in [-0.2, 0) is 4.84 Å². The highest BCUT2D eigenvalue weighted by atomic mass is 35.5. The predicted octanol–water partition coefficient (Wildman–Crippen LogP) is 5.51. The van der Waals surface area contributed by atoms with Gasteiger partial charge >= 0.3 is 0 Å². The van der Waals surface area contributed by atoms with Crippen molar-refractivity contribution in [3.8, 4) is 11.8 Å². The molecule has 0 amide bonds. The molecule has 0 aliphatic carbocycles. The van der Waals surface area contributed by atoms with E-state index in [-0.39, 0.29) is 18.4 Å². The van der Waals surface area contributed by atoms with Crippen LogP contribution >= 0.6 is 12.4 Å². The maximum absolute atomic E-state index is 9.64. The van der Waals surface area contributed by atoms with Crippen LogP contribution in [0.25, 0.3) is 0 Å². The number of hydrogen-bond acceptors (Lipinski definition) is 8. The summed E-state index contributed by atoms with van der Waals surface area (Å²) < 4.78 is 5.88. The smallest absolute Gasteiger partial charge is 0.229 e. The lowest BCUT2D eigenvalue weighted by atomic mass is 10.0. The van der Waals surface area contributed by atoms with Crippen molar-refractivity contribution in [3.05, 3.63) is 71.9 Å². The van der Waals surface area contributed by atoms with Crippen molar-refractivity contribution >= 4 is 29.9 Å². The first-order valence-electron chi connectivity index (χ1n) is 12.2. The number of anilines is 3. The molecule has 1 atom stereocenters. The molecule has 8 nitrogen and oxygen atoms in total. The van der Waals surface area contributed by atoms with E-state index in [9.17, 15) is 5.26 Å². The van der Waals surface area contributed by atoms with E-state index in [1.165, 1.54) is 6.20 Å². The zero-order valence-corrected chi connectivity index (χ0v) is 21.6. The van der Waals surface area contributed by atoms with Gasteiger partial charge < -0.3 is 15.0 Å². The summed E-state index contributed by atoms with van der Waals surface area (Å²) in [5.74, 6) is 1.69. The molecule has 1 aromatic heterocycles. The van der Waals surface area contributed by atoms with Gasteiger partial charge in [0, 0.05) is 18.7 Å². The molecule has 1 fully saturated rings. The van der Waals surface area contributed by atoms with Crippen LogP contribution in [0.1, 0.15) is 43.9 Å². The Morgan fingerprint density at radius 2 is 1.89 bits per heavy atom. The molecule has 2 aromatic carbocycles. The Morgan fingerprint density at radius 1 is 1.14 bits per heavy atom. The number of aromatic nitrogens is 2. The fourth-order valence-electron chi connectivity index (χ4n) is 4.12. The second-order valence-corrected chi connectivity index (χ2v) is 8.30.